The number of carbonyl (C=O) groups is 2. The molecule has 3 aromatic rings. The first-order chi connectivity index (χ1) is 15.6. The summed E-state index contributed by atoms with van der Waals surface area (Å²) < 4.78 is 31.2. The number of sulfone groups is 1. The topological polar surface area (TPSA) is 95.3 Å². The van der Waals surface area contributed by atoms with Crippen molar-refractivity contribution in [2.45, 2.75) is 46.6 Å². The number of nitrogens with zero attached hydrogens (tertiary/aromatic N) is 2. The Morgan fingerprint density at radius 1 is 1.18 bits per heavy atom. The molecule has 1 unspecified atom stereocenters. The number of hydrogen-bond donors (Lipinski definition) is 0. The predicted molar refractivity (Wildman–Crippen MR) is 127 cm³/mol. The number of rotatable bonds is 6. The van der Waals surface area contributed by atoms with Crippen LogP contribution in [0, 0.1) is 20.8 Å². The third-order valence-electron chi connectivity index (χ3n) is 6.47. The van der Waals surface area contributed by atoms with Crippen LogP contribution in [0.5, 0.6) is 0 Å². The molecule has 174 valence electrons. The highest BCUT2D eigenvalue weighted by atomic mass is 32.2. The lowest BCUT2D eigenvalue weighted by Crippen LogP contribution is -2.18. The molecule has 1 atom stereocenters. The van der Waals surface area contributed by atoms with Crippen LogP contribution in [0.3, 0.4) is 0 Å². The average Bonchev–Trinajstić information content (AvgIpc) is 3.28. The van der Waals surface area contributed by atoms with Crippen molar-refractivity contribution in [2.24, 2.45) is 0 Å². The molecule has 0 saturated carbocycles. The molecular formula is C25H28N2O5S. The maximum Gasteiger partial charge on any atom is 0.339 e. The number of hydrogen-bond acceptors (Lipinski definition) is 6. The number of aryl methyl sites for hydroxylation is 2. The maximum absolute atomic E-state index is 13.0. The molecular weight excluding hydrogens is 440 g/mol. The molecule has 0 bridgehead atoms. The Bertz CT molecular complexity index is 1370. The van der Waals surface area contributed by atoms with Gasteiger partial charge in [0, 0.05) is 34.1 Å². The van der Waals surface area contributed by atoms with Crippen LogP contribution in [0.1, 0.15) is 62.7 Å². The number of carbonyl (C=O) groups excluding carboxylic acids is 2. The van der Waals surface area contributed by atoms with Crippen LogP contribution < -0.4 is 0 Å². The second kappa shape index (κ2) is 8.74. The number of benzene rings is 1. The van der Waals surface area contributed by atoms with Crippen molar-refractivity contribution < 1.29 is 22.7 Å². The second-order valence-electron chi connectivity index (χ2n) is 8.64. The molecule has 0 spiro atoms. The maximum atomic E-state index is 13.0. The lowest BCUT2D eigenvalue weighted by atomic mass is 10.0. The Morgan fingerprint density at radius 3 is 2.58 bits per heavy atom. The zero-order chi connectivity index (χ0) is 23.9. The monoisotopic (exact) mass is 468 g/mol. The molecule has 1 saturated heterocycles. The molecule has 1 aliphatic heterocycles. The first kappa shape index (κ1) is 23.2. The van der Waals surface area contributed by atoms with E-state index in [1.165, 1.54) is 0 Å². The van der Waals surface area contributed by atoms with Gasteiger partial charge in [-0.05, 0) is 51.3 Å². The van der Waals surface area contributed by atoms with Gasteiger partial charge in [0.25, 0.3) is 0 Å². The molecule has 0 amide bonds. The number of pyridine rings is 1. The minimum Gasteiger partial charge on any atom is -0.454 e. The van der Waals surface area contributed by atoms with Crippen LogP contribution in [0.4, 0.5) is 0 Å². The number of ketones is 1. The van der Waals surface area contributed by atoms with Crippen molar-refractivity contribution in [2.75, 3.05) is 18.1 Å². The quantitative estimate of drug-likeness (QED) is 0.402. The average molecular weight is 469 g/mol. The van der Waals surface area contributed by atoms with E-state index < -0.39 is 15.8 Å². The molecule has 2 aromatic heterocycles. The van der Waals surface area contributed by atoms with Gasteiger partial charge in [0.2, 0.25) is 5.78 Å². The fraction of sp³-hybridized carbons (Fsp3) is 0.400. The Kier molecular flexibility index (Phi) is 6.14. The smallest absolute Gasteiger partial charge is 0.339 e. The van der Waals surface area contributed by atoms with Crippen molar-refractivity contribution in [3.8, 4) is 0 Å². The van der Waals surface area contributed by atoms with Crippen LogP contribution in [-0.4, -0.2) is 47.8 Å². The van der Waals surface area contributed by atoms with E-state index in [1.807, 2.05) is 49.6 Å². The van der Waals surface area contributed by atoms with Crippen LogP contribution >= 0.6 is 0 Å². The van der Waals surface area contributed by atoms with Gasteiger partial charge in [0.1, 0.15) is 0 Å². The molecule has 0 aliphatic carbocycles. The second-order valence-corrected chi connectivity index (χ2v) is 10.9. The molecule has 8 heteroatoms. The number of ether oxygens (including phenoxy) is 1. The summed E-state index contributed by atoms with van der Waals surface area (Å²) in [5, 5.41) is 0.699. The largest absolute Gasteiger partial charge is 0.454 e. The SMILES string of the molecule is CCc1nc2ccccc2c(C(=O)OCC(=O)c2cc(C)n(C3CCS(=O)(=O)C3)c2C)c1C. The molecule has 1 aromatic carbocycles. The van der Waals surface area contributed by atoms with Gasteiger partial charge in [-0.25, -0.2) is 13.2 Å². The van der Waals surface area contributed by atoms with E-state index in [2.05, 4.69) is 4.98 Å². The molecule has 0 radical (unpaired) electrons. The highest BCUT2D eigenvalue weighted by molar-refractivity contribution is 7.91. The van der Waals surface area contributed by atoms with Crippen LogP contribution in [0.2, 0.25) is 0 Å². The van der Waals surface area contributed by atoms with E-state index >= 15 is 0 Å². The fourth-order valence-corrected chi connectivity index (χ4v) is 6.55. The summed E-state index contributed by atoms with van der Waals surface area (Å²) in [6, 6.07) is 8.98. The zero-order valence-corrected chi connectivity index (χ0v) is 20.2. The Morgan fingerprint density at radius 2 is 1.91 bits per heavy atom. The van der Waals surface area contributed by atoms with Gasteiger partial charge in [0.15, 0.2) is 16.4 Å². The van der Waals surface area contributed by atoms with Gasteiger partial charge in [-0.2, -0.15) is 0 Å². The lowest BCUT2D eigenvalue weighted by molar-refractivity contribution is 0.0475. The predicted octanol–water partition coefficient (Wildman–Crippen LogP) is 3.92. The summed E-state index contributed by atoms with van der Waals surface area (Å²) in [6.07, 6.45) is 1.22. The molecule has 1 aliphatic rings. The van der Waals surface area contributed by atoms with Crippen molar-refractivity contribution in [3.05, 3.63) is 64.1 Å². The molecule has 7 nitrogen and oxygen atoms in total. The van der Waals surface area contributed by atoms with Gasteiger partial charge in [-0.3, -0.25) is 9.78 Å². The van der Waals surface area contributed by atoms with Crippen molar-refractivity contribution >= 4 is 32.5 Å². The summed E-state index contributed by atoms with van der Waals surface area (Å²) >= 11 is 0. The van der Waals surface area contributed by atoms with E-state index in [0.717, 1.165) is 17.0 Å². The summed E-state index contributed by atoms with van der Waals surface area (Å²) in [7, 11) is -3.05. The van der Waals surface area contributed by atoms with E-state index in [-0.39, 0.29) is 29.9 Å². The van der Waals surface area contributed by atoms with E-state index in [9.17, 15) is 18.0 Å². The Labute approximate surface area is 193 Å². The minimum absolute atomic E-state index is 0.0835. The zero-order valence-electron chi connectivity index (χ0n) is 19.3. The number of para-hydroxylation sites is 1. The van der Waals surface area contributed by atoms with Crippen LogP contribution in [0.25, 0.3) is 10.9 Å². The van der Waals surface area contributed by atoms with Gasteiger partial charge in [-0.15, -0.1) is 0 Å². The number of aromatic nitrogens is 2. The summed E-state index contributed by atoms with van der Waals surface area (Å²) in [4.78, 5) is 30.6. The van der Waals surface area contributed by atoms with Crippen LogP contribution in [-0.2, 0) is 21.0 Å². The third kappa shape index (κ3) is 4.31. The van der Waals surface area contributed by atoms with E-state index in [1.54, 1.807) is 13.0 Å². The highest BCUT2D eigenvalue weighted by Crippen LogP contribution is 2.29. The van der Waals surface area contributed by atoms with E-state index in [4.69, 9.17) is 4.74 Å². The normalized spacial score (nSPS) is 17.4. The van der Waals surface area contributed by atoms with Gasteiger partial charge >= 0.3 is 5.97 Å². The molecule has 4 rings (SSSR count). The van der Waals surface area contributed by atoms with Crippen molar-refractivity contribution in [3.63, 3.8) is 0 Å². The lowest BCUT2D eigenvalue weighted by Gasteiger charge is -2.16. The van der Waals surface area contributed by atoms with Crippen molar-refractivity contribution in [1.29, 1.82) is 0 Å². The van der Waals surface area contributed by atoms with Crippen molar-refractivity contribution in [1.82, 2.24) is 9.55 Å². The summed E-state index contributed by atoms with van der Waals surface area (Å²) in [6.45, 7) is 7.11. The summed E-state index contributed by atoms with van der Waals surface area (Å²) in [5.74, 6) is -0.616. The number of esters is 1. The molecule has 3 heterocycles. The minimum atomic E-state index is -3.05. The Hall–Kier alpha value is -3.00. The highest BCUT2D eigenvalue weighted by Gasteiger charge is 2.32. The van der Waals surface area contributed by atoms with Crippen LogP contribution in [0.15, 0.2) is 30.3 Å². The first-order valence-corrected chi connectivity index (χ1v) is 12.9. The standard InChI is InChI=1S/C25H28N2O5S/c1-5-21-16(3)24(19-8-6-7-9-22(19)26-21)25(29)32-13-23(28)20-12-15(2)27(17(20)4)18-10-11-33(30,31)14-18/h6-9,12,18H,5,10-11,13-14H2,1-4H3. The summed E-state index contributed by atoms with van der Waals surface area (Å²) in [5.41, 5.74) is 4.72. The number of Topliss-reactive ketones (excluding diaryl/α,β-unsaturated/α-hetero) is 1. The number of fused-ring (bicyclic) bond motifs is 1. The molecule has 0 N–H and O–H groups in total. The Balaban J connectivity index is 1.57. The fourth-order valence-electron chi connectivity index (χ4n) is 4.85. The first-order valence-electron chi connectivity index (χ1n) is 11.1. The van der Waals surface area contributed by atoms with E-state index in [0.29, 0.717) is 40.6 Å². The van der Waals surface area contributed by atoms with Gasteiger partial charge < -0.3 is 9.30 Å². The van der Waals surface area contributed by atoms with Gasteiger partial charge in [-0.1, -0.05) is 25.1 Å². The molecule has 33 heavy (non-hydrogen) atoms. The third-order valence-corrected chi connectivity index (χ3v) is 8.22. The van der Waals surface area contributed by atoms with Gasteiger partial charge in [0.05, 0.1) is 22.6 Å². The molecule has 1 fully saturated rings.